The second-order valence-corrected chi connectivity index (χ2v) is 10.4. The first-order valence-corrected chi connectivity index (χ1v) is 13.6. The summed E-state index contributed by atoms with van der Waals surface area (Å²) in [7, 11) is 1.24. The average molecular weight is 586 g/mol. The van der Waals surface area contributed by atoms with Crippen molar-refractivity contribution in [2.45, 2.75) is 82.1 Å². The molecule has 0 radical (unpaired) electrons. The van der Waals surface area contributed by atoms with E-state index in [-0.39, 0.29) is 6.61 Å². The van der Waals surface area contributed by atoms with E-state index in [1.54, 1.807) is 13.8 Å². The van der Waals surface area contributed by atoms with E-state index >= 15 is 0 Å². The third-order valence-electron chi connectivity index (χ3n) is 6.93. The Bertz CT molecular complexity index is 1390. The fourth-order valence-electron chi connectivity index (χ4n) is 4.99. The van der Waals surface area contributed by atoms with Crippen molar-refractivity contribution in [3.05, 3.63) is 69.0 Å². The van der Waals surface area contributed by atoms with Crippen LogP contribution in [0.25, 0.3) is 0 Å². The van der Waals surface area contributed by atoms with Gasteiger partial charge in [-0.3, -0.25) is 19.7 Å². The molecule has 2 saturated heterocycles. The molecule has 14 heteroatoms. The van der Waals surface area contributed by atoms with Crippen molar-refractivity contribution < 1.29 is 33.3 Å². The minimum absolute atomic E-state index is 0.0642. The number of fused-ring (bicyclic) bond motifs is 1. The van der Waals surface area contributed by atoms with Crippen LogP contribution in [0.1, 0.15) is 44.9 Å². The fourth-order valence-corrected chi connectivity index (χ4v) is 4.99. The molecule has 0 bridgehead atoms. The van der Waals surface area contributed by atoms with E-state index < -0.39 is 65.7 Å². The number of nitrogens with zero attached hydrogens (tertiary/aromatic N) is 2. The molecule has 3 heterocycles. The van der Waals surface area contributed by atoms with Crippen LogP contribution in [-0.4, -0.2) is 71.5 Å². The number of H-pyrrole nitrogens is 1. The number of methoxy groups -OCH3 is 1. The van der Waals surface area contributed by atoms with E-state index in [4.69, 9.17) is 23.7 Å². The zero-order valence-corrected chi connectivity index (χ0v) is 23.6. The van der Waals surface area contributed by atoms with Crippen molar-refractivity contribution in [2.75, 3.05) is 13.7 Å². The Hall–Kier alpha value is -4.03. The molecular weight excluding hydrogens is 550 g/mol. The number of esters is 1. The van der Waals surface area contributed by atoms with Gasteiger partial charge in [0.1, 0.15) is 37.0 Å². The van der Waals surface area contributed by atoms with Crippen LogP contribution in [0.15, 0.2) is 52.2 Å². The number of alkyl carbamates (subject to hydrolysis) is 1. The fraction of sp³-hybridized carbons (Fsp3) is 0.536. The van der Waals surface area contributed by atoms with Crippen molar-refractivity contribution in [2.24, 2.45) is 0 Å². The highest BCUT2D eigenvalue weighted by molar-refractivity contribution is 5.81. The summed E-state index contributed by atoms with van der Waals surface area (Å²) in [6, 6.07) is 10.8. The molecule has 226 valence electrons. The molecule has 14 nitrogen and oxygen atoms in total. The lowest BCUT2D eigenvalue weighted by atomic mass is 10.0. The number of carbonyl (C=O) groups excluding carboxylic acids is 2. The number of carbonyl (C=O) groups is 2. The first-order valence-electron chi connectivity index (χ1n) is 13.6. The minimum Gasteiger partial charge on any atom is -0.467 e. The molecule has 0 unspecified atom stereocenters. The highest BCUT2D eigenvalue weighted by Gasteiger charge is 2.58. The largest absolute Gasteiger partial charge is 0.467 e. The zero-order chi connectivity index (χ0) is 30.3. The first kappa shape index (κ1) is 30.9. The maximum Gasteiger partial charge on any atom is 0.408 e. The minimum atomic E-state index is -0.973. The summed E-state index contributed by atoms with van der Waals surface area (Å²) in [5, 5.41) is 15.6. The van der Waals surface area contributed by atoms with E-state index in [1.165, 1.54) is 23.9 Å². The second kappa shape index (κ2) is 13.8. The zero-order valence-electron chi connectivity index (χ0n) is 23.6. The molecule has 3 N–H and O–H groups in total. The second-order valence-electron chi connectivity index (χ2n) is 10.4. The van der Waals surface area contributed by atoms with Crippen LogP contribution in [-0.2, 0) is 35.1 Å². The number of nitriles is 1. The van der Waals surface area contributed by atoms with Gasteiger partial charge in [-0.15, -0.1) is 0 Å². The molecule has 1 aromatic carbocycles. The van der Waals surface area contributed by atoms with Crippen LogP contribution in [0, 0.1) is 11.3 Å². The van der Waals surface area contributed by atoms with E-state index in [0.717, 1.165) is 5.56 Å². The smallest absolute Gasteiger partial charge is 0.408 e. The van der Waals surface area contributed by atoms with Crippen LogP contribution in [0.5, 0.6) is 0 Å². The number of ether oxygens (including phenoxy) is 5. The Morgan fingerprint density at radius 3 is 2.57 bits per heavy atom. The lowest BCUT2D eigenvalue weighted by Crippen LogP contribution is -2.46. The summed E-state index contributed by atoms with van der Waals surface area (Å²) >= 11 is 0. The van der Waals surface area contributed by atoms with Gasteiger partial charge in [0.05, 0.1) is 13.2 Å². The number of aromatic amines is 1. The van der Waals surface area contributed by atoms with Crippen molar-refractivity contribution in [3.63, 3.8) is 0 Å². The van der Waals surface area contributed by atoms with E-state index in [0.29, 0.717) is 25.8 Å². The number of amides is 1. The van der Waals surface area contributed by atoms with Gasteiger partial charge in [0.2, 0.25) is 0 Å². The molecule has 1 aromatic heterocycles. The average Bonchev–Trinajstić information content (AvgIpc) is 3.46. The SMILES string of the molecule is COC(=O)[C@H](CCCCN[C@H](C#N)[C@H]1O[C@@H](n2ccc(=O)[nH]c2=O)[C@@H]2OC(C)(C)O[C@@H]21)NC(=O)OCc1ccccc1. The molecule has 2 aliphatic rings. The maximum atomic E-state index is 12.4. The number of hydrogen-bond donors (Lipinski definition) is 3. The number of benzene rings is 1. The summed E-state index contributed by atoms with van der Waals surface area (Å²) < 4.78 is 29.4. The standard InChI is InChI=1S/C28H35N5O9/c1-28(2)41-22-21(40-24(23(22)42-28)33-14-12-20(34)32-26(33)36)19(15-29)30-13-8-7-11-18(25(35)38-3)31-27(37)39-16-17-9-5-4-6-10-17/h4-6,9-10,12,14,18-19,21-24,30H,7-8,11,13,16H2,1-3H3,(H,31,37)(H,32,34,36)/t18-,19+,21+,22+,23+,24+/m0/s1. The number of aromatic nitrogens is 2. The molecule has 0 saturated carbocycles. The summed E-state index contributed by atoms with van der Waals surface area (Å²) in [5.41, 5.74) is -0.399. The maximum absolute atomic E-state index is 12.4. The molecule has 0 spiro atoms. The first-order chi connectivity index (χ1) is 20.1. The Morgan fingerprint density at radius 2 is 1.88 bits per heavy atom. The van der Waals surface area contributed by atoms with Crippen molar-refractivity contribution >= 4 is 12.1 Å². The third-order valence-corrected chi connectivity index (χ3v) is 6.93. The number of hydrogen-bond acceptors (Lipinski definition) is 11. The predicted octanol–water partition coefficient (Wildman–Crippen LogP) is 1.07. The van der Waals surface area contributed by atoms with Crippen molar-refractivity contribution in [3.8, 4) is 6.07 Å². The van der Waals surface area contributed by atoms with Crippen LogP contribution in [0.4, 0.5) is 4.79 Å². The van der Waals surface area contributed by atoms with E-state index in [1.807, 2.05) is 30.3 Å². The normalized spacial score (nSPS) is 23.8. The van der Waals surface area contributed by atoms with Crippen molar-refractivity contribution in [1.29, 1.82) is 5.26 Å². The molecular formula is C28H35N5O9. The van der Waals surface area contributed by atoms with E-state index in [2.05, 4.69) is 21.7 Å². The van der Waals surface area contributed by atoms with Gasteiger partial charge < -0.3 is 29.0 Å². The number of unbranched alkanes of at least 4 members (excludes halogenated alkanes) is 1. The van der Waals surface area contributed by atoms with Crippen molar-refractivity contribution in [1.82, 2.24) is 20.2 Å². The quantitative estimate of drug-likeness (QED) is 0.239. The van der Waals surface area contributed by atoms with Gasteiger partial charge in [-0.1, -0.05) is 30.3 Å². The molecule has 2 fully saturated rings. The third kappa shape index (κ3) is 7.62. The van der Waals surface area contributed by atoms with Crippen LogP contribution >= 0.6 is 0 Å². The van der Waals surface area contributed by atoms with Gasteiger partial charge in [0.15, 0.2) is 12.0 Å². The highest BCUT2D eigenvalue weighted by Crippen LogP contribution is 2.43. The lowest BCUT2D eigenvalue weighted by molar-refractivity contribution is -0.198. The van der Waals surface area contributed by atoms with Crippen LogP contribution in [0.2, 0.25) is 0 Å². The lowest BCUT2D eigenvalue weighted by Gasteiger charge is -2.27. The number of rotatable bonds is 12. The molecule has 2 aliphatic heterocycles. The van der Waals surface area contributed by atoms with Gasteiger partial charge in [0.25, 0.3) is 5.56 Å². The molecule has 42 heavy (non-hydrogen) atoms. The predicted molar refractivity (Wildman–Crippen MR) is 146 cm³/mol. The van der Waals surface area contributed by atoms with Gasteiger partial charge in [-0.05, 0) is 45.2 Å². The van der Waals surface area contributed by atoms with Crippen LogP contribution in [0.3, 0.4) is 0 Å². The molecule has 0 aliphatic carbocycles. The summed E-state index contributed by atoms with van der Waals surface area (Å²) in [4.78, 5) is 50.7. The van der Waals surface area contributed by atoms with Gasteiger partial charge in [-0.2, -0.15) is 5.26 Å². The summed E-state index contributed by atoms with van der Waals surface area (Å²) in [6.45, 7) is 3.91. The Labute approximate surface area is 241 Å². The van der Waals surface area contributed by atoms with Gasteiger partial charge in [0, 0.05) is 12.3 Å². The Kier molecular flexibility index (Phi) is 10.1. The number of nitrogens with one attached hydrogen (secondary N) is 3. The molecule has 4 rings (SSSR count). The monoisotopic (exact) mass is 585 g/mol. The molecule has 6 atom stereocenters. The van der Waals surface area contributed by atoms with Crippen LogP contribution < -0.4 is 21.9 Å². The van der Waals surface area contributed by atoms with Gasteiger partial charge >= 0.3 is 17.8 Å². The Balaban J connectivity index is 1.30. The van der Waals surface area contributed by atoms with Gasteiger partial charge in [-0.25, -0.2) is 14.4 Å². The molecule has 2 aromatic rings. The highest BCUT2D eigenvalue weighted by atomic mass is 16.8. The summed E-state index contributed by atoms with van der Waals surface area (Å²) in [6.07, 6.45) is -1.11. The van der Waals surface area contributed by atoms with E-state index in [9.17, 15) is 24.4 Å². The topological polar surface area (TPSA) is 183 Å². The summed E-state index contributed by atoms with van der Waals surface area (Å²) in [5.74, 6) is -1.57. The molecule has 1 amide bonds. The Morgan fingerprint density at radius 1 is 1.14 bits per heavy atom.